The van der Waals surface area contributed by atoms with Crippen LogP contribution in [-0.2, 0) is 12.2 Å². The highest BCUT2D eigenvalue weighted by Crippen LogP contribution is 2.31. The molecule has 2 heterocycles. The molecule has 0 radical (unpaired) electrons. The highest BCUT2D eigenvalue weighted by molar-refractivity contribution is 7.98. The van der Waals surface area contributed by atoms with Gasteiger partial charge in [0.15, 0.2) is 5.16 Å². The minimum Gasteiger partial charge on any atom is -0.301 e. The molecule has 3 nitrogen and oxygen atoms in total. The Balaban J connectivity index is 1.86. The Labute approximate surface area is 160 Å². The van der Waals surface area contributed by atoms with E-state index in [4.69, 9.17) is 11.6 Å². The molecule has 2 aromatic heterocycles. The lowest BCUT2D eigenvalue weighted by Gasteiger charge is -2.08. The van der Waals surface area contributed by atoms with E-state index in [9.17, 15) is 4.79 Å². The Kier molecular flexibility index (Phi) is 5.87. The lowest BCUT2D eigenvalue weighted by Crippen LogP contribution is -2.11. The smallest absolute Gasteiger partial charge is 0.260 e. The van der Waals surface area contributed by atoms with E-state index in [2.05, 4.69) is 30.7 Å². The summed E-state index contributed by atoms with van der Waals surface area (Å²) in [5.74, 6) is 1.31. The minimum absolute atomic E-state index is 0.0220. The largest absolute Gasteiger partial charge is 0.301 e. The van der Waals surface area contributed by atoms with Crippen LogP contribution >= 0.6 is 34.7 Å². The zero-order valence-electron chi connectivity index (χ0n) is 14.6. The fourth-order valence-corrected chi connectivity index (χ4v) is 4.75. The topological polar surface area (TPSA) is 45.8 Å². The van der Waals surface area contributed by atoms with E-state index >= 15 is 0 Å². The number of aromatic nitrogens is 2. The van der Waals surface area contributed by atoms with Crippen LogP contribution in [0, 0.1) is 12.8 Å². The lowest BCUT2D eigenvalue weighted by molar-refractivity contribution is 0.561. The predicted molar refractivity (Wildman–Crippen MR) is 109 cm³/mol. The van der Waals surface area contributed by atoms with Crippen LogP contribution in [0.3, 0.4) is 0 Å². The molecule has 3 rings (SSSR count). The molecule has 6 heteroatoms. The molecule has 0 aliphatic rings. The SMILES string of the molecule is CC[C@H](C)Cc1c(C)sc2nc(SCc3ccc(Cl)cc3)[nH]c(=O)c12. The number of thiophene rings is 1. The first-order valence-electron chi connectivity index (χ1n) is 8.37. The van der Waals surface area contributed by atoms with Gasteiger partial charge >= 0.3 is 0 Å². The van der Waals surface area contributed by atoms with Crippen LogP contribution in [0.25, 0.3) is 10.2 Å². The van der Waals surface area contributed by atoms with Crippen LogP contribution in [0.1, 0.15) is 36.3 Å². The molecule has 25 heavy (non-hydrogen) atoms. The number of rotatable bonds is 6. The fourth-order valence-electron chi connectivity index (χ4n) is 2.69. The second-order valence-corrected chi connectivity index (χ2v) is 8.92. The van der Waals surface area contributed by atoms with Gasteiger partial charge in [-0.2, -0.15) is 0 Å². The molecule has 0 unspecified atom stereocenters. The van der Waals surface area contributed by atoms with Gasteiger partial charge in [-0.15, -0.1) is 11.3 Å². The van der Waals surface area contributed by atoms with Crippen molar-refractivity contribution in [2.45, 2.75) is 44.5 Å². The van der Waals surface area contributed by atoms with Crippen molar-refractivity contribution in [3.8, 4) is 0 Å². The summed E-state index contributed by atoms with van der Waals surface area (Å²) in [6.07, 6.45) is 2.04. The lowest BCUT2D eigenvalue weighted by atomic mass is 9.98. The van der Waals surface area contributed by atoms with Crippen LogP contribution in [0.5, 0.6) is 0 Å². The summed E-state index contributed by atoms with van der Waals surface area (Å²) >= 11 is 9.07. The summed E-state index contributed by atoms with van der Waals surface area (Å²) in [6, 6.07) is 7.73. The first-order chi connectivity index (χ1) is 12.0. The third-order valence-electron chi connectivity index (χ3n) is 4.38. The molecule has 0 aliphatic carbocycles. The Morgan fingerprint density at radius 2 is 2.04 bits per heavy atom. The van der Waals surface area contributed by atoms with Crippen molar-refractivity contribution in [1.82, 2.24) is 9.97 Å². The number of nitrogens with one attached hydrogen (secondary N) is 1. The second-order valence-electron chi connectivity index (χ2n) is 6.32. The van der Waals surface area contributed by atoms with Gasteiger partial charge in [-0.1, -0.05) is 55.8 Å². The molecule has 132 valence electrons. The molecule has 0 aliphatic heterocycles. The van der Waals surface area contributed by atoms with E-state index in [1.165, 1.54) is 16.6 Å². The minimum atomic E-state index is -0.0220. The van der Waals surface area contributed by atoms with Crippen molar-refractivity contribution in [3.05, 3.63) is 55.6 Å². The number of thioether (sulfide) groups is 1. The number of benzene rings is 1. The Morgan fingerprint density at radius 3 is 2.72 bits per heavy atom. The molecule has 1 atom stereocenters. The Hall–Kier alpha value is -1.30. The molecule has 0 fully saturated rings. The summed E-state index contributed by atoms with van der Waals surface area (Å²) in [5, 5.41) is 2.17. The summed E-state index contributed by atoms with van der Waals surface area (Å²) in [5.41, 5.74) is 2.29. The van der Waals surface area contributed by atoms with Gasteiger partial charge in [0.2, 0.25) is 0 Å². The average molecular weight is 393 g/mol. The highest BCUT2D eigenvalue weighted by Gasteiger charge is 2.16. The van der Waals surface area contributed by atoms with Gasteiger partial charge in [-0.05, 0) is 42.5 Å². The van der Waals surface area contributed by atoms with Crippen LogP contribution < -0.4 is 5.56 Å². The number of halogens is 1. The predicted octanol–water partition coefficient (Wildman–Crippen LogP) is 5.83. The van der Waals surface area contributed by atoms with Crippen LogP contribution in [-0.4, -0.2) is 9.97 Å². The molecule has 0 spiro atoms. The molecule has 0 bridgehead atoms. The maximum Gasteiger partial charge on any atom is 0.260 e. The van der Waals surface area contributed by atoms with Crippen molar-refractivity contribution in [2.75, 3.05) is 0 Å². The van der Waals surface area contributed by atoms with Crippen LogP contribution in [0.15, 0.2) is 34.2 Å². The van der Waals surface area contributed by atoms with Crippen molar-refractivity contribution in [3.63, 3.8) is 0 Å². The molecule has 0 saturated carbocycles. The van der Waals surface area contributed by atoms with E-state index < -0.39 is 0 Å². The number of H-pyrrole nitrogens is 1. The second kappa shape index (κ2) is 7.94. The summed E-state index contributed by atoms with van der Waals surface area (Å²) in [7, 11) is 0. The first-order valence-corrected chi connectivity index (χ1v) is 10.6. The van der Waals surface area contributed by atoms with E-state index in [0.29, 0.717) is 11.1 Å². The normalized spacial score (nSPS) is 12.6. The quantitative estimate of drug-likeness (QED) is 0.424. The van der Waals surface area contributed by atoms with Crippen LogP contribution in [0.2, 0.25) is 5.02 Å². The number of hydrogen-bond donors (Lipinski definition) is 1. The molecule has 0 amide bonds. The maximum atomic E-state index is 12.6. The van der Waals surface area contributed by atoms with E-state index in [1.54, 1.807) is 11.3 Å². The molecule has 1 N–H and O–H groups in total. The number of hydrogen-bond acceptors (Lipinski definition) is 4. The Bertz CT molecular complexity index is 931. The number of nitrogens with zero attached hydrogens (tertiary/aromatic N) is 1. The van der Waals surface area contributed by atoms with Gasteiger partial charge < -0.3 is 4.98 Å². The van der Waals surface area contributed by atoms with Crippen molar-refractivity contribution in [1.29, 1.82) is 0 Å². The van der Waals surface area contributed by atoms with Crippen molar-refractivity contribution >= 4 is 44.9 Å². The molecular formula is C19H21ClN2OS2. The summed E-state index contributed by atoms with van der Waals surface area (Å²) in [6.45, 7) is 6.49. The van der Waals surface area contributed by atoms with Crippen molar-refractivity contribution in [2.24, 2.45) is 5.92 Å². The first kappa shape index (κ1) is 18.5. The molecule has 1 aromatic carbocycles. The van der Waals surface area contributed by atoms with Gasteiger partial charge in [0.1, 0.15) is 4.83 Å². The van der Waals surface area contributed by atoms with Crippen LogP contribution in [0.4, 0.5) is 0 Å². The summed E-state index contributed by atoms with van der Waals surface area (Å²) in [4.78, 5) is 22.3. The molecular weight excluding hydrogens is 372 g/mol. The number of fused-ring (bicyclic) bond motifs is 1. The third-order valence-corrected chi connectivity index (χ3v) is 6.62. The average Bonchev–Trinajstić information content (AvgIpc) is 2.90. The van der Waals surface area contributed by atoms with E-state index in [-0.39, 0.29) is 5.56 Å². The zero-order chi connectivity index (χ0) is 18.0. The van der Waals surface area contributed by atoms with E-state index in [1.807, 2.05) is 24.3 Å². The van der Waals surface area contributed by atoms with Gasteiger partial charge in [-0.25, -0.2) is 4.98 Å². The number of aromatic amines is 1. The molecule has 3 aromatic rings. The number of aryl methyl sites for hydroxylation is 1. The van der Waals surface area contributed by atoms with Gasteiger partial charge in [0, 0.05) is 15.7 Å². The third kappa shape index (κ3) is 4.27. The highest BCUT2D eigenvalue weighted by atomic mass is 35.5. The zero-order valence-corrected chi connectivity index (χ0v) is 16.9. The van der Waals surface area contributed by atoms with E-state index in [0.717, 1.165) is 45.0 Å². The fraction of sp³-hybridized carbons (Fsp3) is 0.368. The standard InChI is InChI=1S/C19H21ClN2OS2/c1-4-11(2)9-15-12(3)25-18-16(15)17(23)21-19(22-18)24-10-13-5-7-14(20)8-6-13/h5-8,11H,4,9-10H2,1-3H3,(H,21,22,23)/t11-/m0/s1. The van der Waals surface area contributed by atoms with Gasteiger partial charge in [0.05, 0.1) is 5.39 Å². The summed E-state index contributed by atoms with van der Waals surface area (Å²) < 4.78 is 0. The van der Waals surface area contributed by atoms with Gasteiger partial charge in [-0.3, -0.25) is 4.79 Å². The monoisotopic (exact) mass is 392 g/mol. The molecule has 0 saturated heterocycles. The van der Waals surface area contributed by atoms with Gasteiger partial charge in [0.25, 0.3) is 5.56 Å². The maximum absolute atomic E-state index is 12.6. The Morgan fingerprint density at radius 1 is 1.32 bits per heavy atom. The van der Waals surface area contributed by atoms with Crippen molar-refractivity contribution < 1.29 is 0 Å².